The van der Waals surface area contributed by atoms with Crippen molar-refractivity contribution in [2.45, 2.75) is 0 Å². The maximum absolute atomic E-state index is 12.3. The number of carbonyl (C=O) groups is 1. The number of aliphatic imine (C=N–C) groups is 1. The fraction of sp³-hybridized carbons (Fsp3) is 0. The lowest BCUT2D eigenvalue weighted by Crippen LogP contribution is -2.19. The first-order chi connectivity index (χ1) is 13.7. The second-order valence-corrected chi connectivity index (χ2v) is 7.02. The Morgan fingerprint density at radius 2 is 1.68 bits per heavy atom. The molecule has 2 N–H and O–H groups in total. The summed E-state index contributed by atoms with van der Waals surface area (Å²) in [4.78, 5) is 17.2. The van der Waals surface area contributed by atoms with E-state index in [0.29, 0.717) is 21.5 Å². The molecule has 0 aromatic heterocycles. The van der Waals surface area contributed by atoms with E-state index in [1.165, 1.54) is 11.8 Å². The monoisotopic (exact) mass is 388 g/mol. The van der Waals surface area contributed by atoms with Crippen LogP contribution >= 0.6 is 11.8 Å². The number of thioether (sulfide) groups is 1. The number of benzene rings is 3. The van der Waals surface area contributed by atoms with Crippen LogP contribution in [-0.4, -0.2) is 16.2 Å². The lowest BCUT2D eigenvalue weighted by Gasteiger charge is -2.06. The van der Waals surface area contributed by atoms with Crippen molar-refractivity contribution in [2.75, 3.05) is 0 Å². The van der Waals surface area contributed by atoms with Crippen LogP contribution in [0.3, 0.4) is 0 Å². The maximum Gasteiger partial charge on any atom is 0.264 e. The quantitative estimate of drug-likeness (QED) is 0.612. The minimum Gasteiger partial charge on any atom is -0.508 e. The molecule has 0 unspecified atom stereocenters. The summed E-state index contributed by atoms with van der Waals surface area (Å²) in [5.74, 6) is 1.42. The number of phenolic OH excluding ortho intramolecular Hbond substituents is 1. The highest BCUT2D eigenvalue weighted by Gasteiger charge is 2.23. The van der Waals surface area contributed by atoms with Crippen molar-refractivity contribution in [3.05, 3.63) is 89.3 Å². The Hall–Kier alpha value is -3.51. The second kappa shape index (κ2) is 8.02. The van der Waals surface area contributed by atoms with Crippen LogP contribution in [-0.2, 0) is 4.79 Å². The maximum atomic E-state index is 12.3. The minimum absolute atomic E-state index is 0.172. The third-order valence-electron chi connectivity index (χ3n) is 3.87. The molecule has 1 heterocycles. The van der Waals surface area contributed by atoms with Crippen LogP contribution in [0.2, 0.25) is 0 Å². The first-order valence-electron chi connectivity index (χ1n) is 8.57. The van der Waals surface area contributed by atoms with E-state index in [1.54, 1.807) is 30.3 Å². The van der Waals surface area contributed by atoms with Gasteiger partial charge in [-0.1, -0.05) is 30.3 Å². The molecule has 4 rings (SSSR count). The first kappa shape index (κ1) is 17.9. The highest BCUT2D eigenvalue weighted by molar-refractivity contribution is 8.18. The van der Waals surface area contributed by atoms with Crippen LogP contribution in [0.15, 0.2) is 88.8 Å². The molecule has 6 heteroatoms. The lowest BCUT2D eigenvalue weighted by molar-refractivity contribution is -0.115. The molecule has 138 valence electrons. The summed E-state index contributed by atoms with van der Waals surface area (Å²) in [5.41, 5.74) is 1.51. The summed E-state index contributed by atoms with van der Waals surface area (Å²) >= 11 is 1.27. The van der Waals surface area contributed by atoms with Crippen LogP contribution in [0, 0.1) is 0 Å². The van der Waals surface area contributed by atoms with Gasteiger partial charge < -0.3 is 15.2 Å². The van der Waals surface area contributed by atoms with Gasteiger partial charge in [0.1, 0.15) is 17.2 Å². The highest BCUT2D eigenvalue weighted by atomic mass is 32.2. The number of hydrogen-bond donors (Lipinski definition) is 2. The number of carbonyl (C=O) groups excluding carboxylic acids is 1. The van der Waals surface area contributed by atoms with E-state index < -0.39 is 0 Å². The summed E-state index contributed by atoms with van der Waals surface area (Å²) in [6, 6.07) is 23.5. The van der Waals surface area contributed by atoms with E-state index in [0.717, 1.165) is 11.3 Å². The van der Waals surface area contributed by atoms with Gasteiger partial charge in [-0.2, -0.15) is 0 Å². The van der Waals surface area contributed by atoms with Crippen molar-refractivity contribution in [3.63, 3.8) is 0 Å². The van der Waals surface area contributed by atoms with Crippen molar-refractivity contribution >= 4 is 34.6 Å². The third kappa shape index (κ3) is 4.42. The second-order valence-electron chi connectivity index (χ2n) is 5.99. The zero-order chi connectivity index (χ0) is 19.3. The number of rotatable bonds is 4. The van der Waals surface area contributed by atoms with Crippen molar-refractivity contribution < 1.29 is 14.6 Å². The van der Waals surface area contributed by atoms with E-state index in [1.807, 2.05) is 54.6 Å². The van der Waals surface area contributed by atoms with Gasteiger partial charge >= 0.3 is 0 Å². The summed E-state index contributed by atoms with van der Waals surface area (Å²) < 4.78 is 5.84. The number of aromatic hydroxyl groups is 1. The summed E-state index contributed by atoms with van der Waals surface area (Å²) in [6.45, 7) is 0. The Balaban J connectivity index is 1.51. The van der Waals surface area contributed by atoms with Crippen molar-refractivity contribution in [3.8, 4) is 17.2 Å². The predicted molar refractivity (Wildman–Crippen MR) is 112 cm³/mol. The number of hydrogen-bond acceptors (Lipinski definition) is 5. The number of ether oxygens (including phenoxy) is 1. The van der Waals surface area contributed by atoms with Gasteiger partial charge in [-0.3, -0.25) is 4.79 Å². The summed E-state index contributed by atoms with van der Waals surface area (Å²) in [7, 11) is 0. The molecule has 0 aliphatic carbocycles. The Morgan fingerprint density at radius 1 is 0.929 bits per heavy atom. The van der Waals surface area contributed by atoms with E-state index in [9.17, 15) is 9.90 Å². The van der Waals surface area contributed by atoms with Crippen molar-refractivity contribution in [1.29, 1.82) is 0 Å². The predicted octanol–water partition coefficient (Wildman–Crippen LogP) is 5.08. The van der Waals surface area contributed by atoms with Gasteiger partial charge in [0.2, 0.25) is 0 Å². The topological polar surface area (TPSA) is 70.9 Å². The van der Waals surface area contributed by atoms with Crippen molar-refractivity contribution in [2.24, 2.45) is 4.99 Å². The number of para-hydroxylation sites is 1. The normalized spacial score (nSPS) is 16.4. The third-order valence-corrected chi connectivity index (χ3v) is 4.78. The Labute approximate surface area is 166 Å². The fourth-order valence-electron chi connectivity index (χ4n) is 2.57. The van der Waals surface area contributed by atoms with Crippen LogP contribution in [0.25, 0.3) is 6.08 Å². The van der Waals surface area contributed by atoms with Gasteiger partial charge in [0.05, 0.1) is 10.6 Å². The molecular weight excluding hydrogens is 372 g/mol. The Morgan fingerprint density at radius 3 is 2.46 bits per heavy atom. The molecule has 0 bridgehead atoms. The first-order valence-corrected chi connectivity index (χ1v) is 9.39. The molecule has 3 aromatic carbocycles. The highest BCUT2D eigenvalue weighted by Crippen LogP contribution is 2.30. The lowest BCUT2D eigenvalue weighted by atomic mass is 10.2. The molecule has 1 amide bonds. The average Bonchev–Trinajstić information content (AvgIpc) is 3.03. The number of amidine groups is 1. The van der Waals surface area contributed by atoms with Gasteiger partial charge in [0.25, 0.3) is 5.91 Å². The zero-order valence-corrected chi connectivity index (χ0v) is 15.5. The number of phenols is 1. The molecule has 0 saturated carbocycles. The van der Waals surface area contributed by atoms with Gasteiger partial charge in [-0.15, -0.1) is 0 Å². The summed E-state index contributed by atoms with van der Waals surface area (Å²) in [6.07, 6.45) is 1.80. The average molecular weight is 388 g/mol. The zero-order valence-electron chi connectivity index (χ0n) is 14.7. The van der Waals surface area contributed by atoms with E-state index >= 15 is 0 Å². The molecule has 5 nitrogen and oxygen atoms in total. The molecule has 1 aliphatic heterocycles. The van der Waals surface area contributed by atoms with E-state index in [-0.39, 0.29) is 11.7 Å². The Kier molecular flexibility index (Phi) is 5.12. The molecular formula is C22H16N2O3S. The molecule has 0 spiro atoms. The standard InChI is InChI=1S/C22H16N2O3S/c25-17-11-9-16(10-12-17)23-22-24-21(26)20(28-22)14-15-5-4-8-19(13-15)27-18-6-2-1-3-7-18/h1-14,25H,(H,23,24,26)/b20-14-. The molecule has 1 aliphatic rings. The fourth-order valence-corrected chi connectivity index (χ4v) is 3.41. The Bertz CT molecular complexity index is 1060. The number of nitrogens with one attached hydrogen (secondary N) is 1. The molecule has 0 atom stereocenters. The van der Waals surface area contributed by atoms with E-state index in [2.05, 4.69) is 10.3 Å². The van der Waals surface area contributed by atoms with Crippen LogP contribution in [0.1, 0.15) is 5.56 Å². The van der Waals surface area contributed by atoms with Crippen LogP contribution in [0.4, 0.5) is 5.69 Å². The van der Waals surface area contributed by atoms with Crippen molar-refractivity contribution in [1.82, 2.24) is 5.32 Å². The molecule has 1 fully saturated rings. The van der Waals surface area contributed by atoms with E-state index in [4.69, 9.17) is 4.74 Å². The number of nitrogens with zero attached hydrogens (tertiary/aromatic N) is 1. The minimum atomic E-state index is -0.197. The largest absolute Gasteiger partial charge is 0.508 e. The summed E-state index contributed by atoms with van der Waals surface area (Å²) in [5, 5.41) is 12.6. The molecule has 1 saturated heterocycles. The van der Waals surface area contributed by atoms with Gasteiger partial charge in [0, 0.05) is 0 Å². The van der Waals surface area contributed by atoms with Gasteiger partial charge in [0.15, 0.2) is 5.17 Å². The number of amides is 1. The van der Waals surface area contributed by atoms with Gasteiger partial charge in [-0.05, 0) is 71.9 Å². The smallest absolute Gasteiger partial charge is 0.264 e. The SMILES string of the molecule is O=C1NC(=Nc2ccc(O)cc2)S/C1=C\c1cccc(Oc2ccccc2)c1. The van der Waals surface area contributed by atoms with Crippen LogP contribution < -0.4 is 10.1 Å². The molecule has 28 heavy (non-hydrogen) atoms. The van der Waals surface area contributed by atoms with Gasteiger partial charge in [-0.25, -0.2) is 4.99 Å². The van der Waals surface area contributed by atoms with Crippen LogP contribution in [0.5, 0.6) is 17.2 Å². The molecule has 0 radical (unpaired) electrons. The molecule has 3 aromatic rings.